The van der Waals surface area contributed by atoms with Crippen molar-refractivity contribution in [2.24, 2.45) is 0 Å². The molecule has 0 aliphatic carbocycles. The minimum absolute atomic E-state index is 0.0957. The van der Waals surface area contributed by atoms with E-state index in [0.717, 1.165) is 36.1 Å². The third-order valence-electron chi connectivity index (χ3n) is 4.00. The van der Waals surface area contributed by atoms with Gasteiger partial charge in [0.2, 0.25) is 26.0 Å². The van der Waals surface area contributed by atoms with Crippen LogP contribution in [0.15, 0.2) is 58.8 Å². The molecule has 0 saturated carbocycles. The van der Waals surface area contributed by atoms with E-state index < -0.39 is 31.8 Å². The molecule has 0 unspecified atom stereocenters. The van der Waals surface area contributed by atoms with Crippen molar-refractivity contribution in [1.29, 1.82) is 0 Å². The maximum Gasteiger partial charge on any atom is 0.240 e. The molecule has 9 nitrogen and oxygen atoms in total. The number of carbonyl (C=O) groups is 1. The number of nitrogens with zero attached hydrogens (tertiary/aromatic N) is 1. The molecule has 1 aromatic heterocycles. The van der Waals surface area contributed by atoms with Crippen molar-refractivity contribution >= 4 is 48.1 Å². The van der Waals surface area contributed by atoms with Crippen molar-refractivity contribution in [1.82, 2.24) is 9.71 Å². The Morgan fingerprint density at radius 1 is 1.03 bits per heavy atom. The molecule has 170 valence electrons. The van der Waals surface area contributed by atoms with Crippen molar-refractivity contribution in [3.8, 4) is 11.3 Å². The number of hydrogen-bond donors (Lipinski definition) is 3. The van der Waals surface area contributed by atoms with Crippen LogP contribution in [-0.2, 0) is 24.8 Å². The summed E-state index contributed by atoms with van der Waals surface area (Å²) in [4.78, 5) is 16.3. The van der Waals surface area contributed by atoms with E-state index in [4.69, 9.17) is 0 Å². The van der Waals surface area contributed by atoms with Crippen LogP contribution < -0.4 is 14.8 Å². The van der Waals surface area contributed by atoms with Crippen LogP contribution in [0.1, 0.15) is 6.42 Å². The summed E-state index contributed by atoms with van der Waals surface area (Å²) in [5.74, 6) is -0.979. The van der Waals surface area contributed by atoms with Gasteiger partial charge in [-0.15, -0.1) is 11.3 Å². The standard InChI is InChI=1S/C19H19FN4O5S3/c1-31(26,27)24-15-6-2-13(3-7-15)17-12-30-19(22-17)23-18(25)10-11-21-32(28,29)16-8-4-14(20)5-9-16/h2-9,12,21,24H,10-11H2,1H3,(H,22,23,25). The number of hydrogen-bond acceptors (Lipinski definition) is 7. The van der Waals surface area contributed by atoms with Gasteiger partial charge in [-0.2, -0.15) is 0 Å². The molecular formula is C19H19FN4O5S3. The second kappa shape index (κ2) is 9.73. The first-order valence-corrected chi connectivity index (χ1v) is 13.4. The van der Waals surface area contributed by atoms with E-state index in [0.29, 0.717) is 16.5 Å². The van der Waals surface area contributed by atoms with Gasteiger partial charge in [0.15, 0.2) is 5.13 Å². The minimum atomic E-state index is -3.85. The number of halogens is 1. The number of rotatable bonds is 9. The first-order chi connectivity index (χ1) is 15.0. The second-order valence-electron chi connectivity index (χ2n) is 6.64. The molecule has 32 heavy (non-hydrogen) atoms. The van der Waals surface area contributed by atoms with Crippen LogP contribution in [0.25, 0.3) is 11.3 Å². The zero-order valence-corrected chi connectivity index (χ0v) is 19.2. The smallest absolute Gasteiger partial charge is 0.240 e. The number of sulfonamides is 2. The Bertz CT molecular complexity index is 1310. The number of anilines is 2. The van der Waals surface area contributed by atoms with E-state index in [-0.39, 0.29) is 17.9 Å². The Kier molecular flexibility index (Phi) is 7.23. The van der Waals surface area contributed by atoms with Crippen molar-refractivity contribution in [2.45, 2.75) is 11.3 Å². The molecule has 1 heterocycles. The molecule has 3 N–H and O–H groups in total. The highest BCUT2D eigenvalue weighted by molar-refractivity contribution is 7.92. The van der Waals surface area contributed by atoms with Gasteiger partial charge in [0, 0.05) is 29.6 Å². The number of aromatic nitrogens is 1. The molecule has 3 aromatic rings. The van der Waals surface area contributed by atoms with Gasteiger partial charge in [0.1, 0.15) is 5.82 Å². The summed E-state index contributed by atoms with van der Waals surface area (Å²) in [5.41, 5.74) is 1.74. The van der Waals surface area contributed by atoms with E-state index in [2.05, 4.69) is 19.7 Å². The van der Waals surface area contributed by atoms with Gasteiger partial charge < -0.3 is 5.32 Å². The number of nitrogens with one attached hydrogen (secondary N) is 3. The quantitative estimate of drug-likeness (QED) is 0.415. The highest BCUT2D eigenvalue weighted by Gasteiger charge is 2.15. The Morgan fingerprint density at radius 2 is 1.69 bits per heavy atom. The van der Waals surface area contributed by atoms with E-state index in [1.54, 1.807) is 29.6 Å². The number of carbonyl (C=O) groups excluding carboxylic acids is 1. The normalized spacial score (nSPS) is 11.8. The number of amides is 1. The average molecular weight is 499 g/mol. The zero-order valence-electron chi connectivity index (χ0n) is 16.7. The highest BCUT2D eigenvalue weighted by atomic mass is 32.2. The van der Waals surface area contributed by atoms with Gasteiger partial charge >= 0.3 is 0 Å². The summed E-state index contributed by atoms with van der Waals surface area (Å²) < 4.78 is 64.4. The predicted octanol–water partition coefficient (Wildman–Crippen LogP) is 2.63. The van der Waals surface area contributed by atoms with E-state index in [9.17, 15) is 26.0 Å². The van der Waals surface area contributed by atoms with E-state index in [1.165, 1.54) is 11.3 Å². The topological polar surface area (TPSA) is 134 Å². The summed E-state index contributed by atoms with van der Waals surface area (Å²) in [5, 5.41) is 4.67. The lowest BCUT2D eigenvalue weighted by molar-refractivity contribution is -0.116. The number of benzene rings is 2. The molecule has 0 aliphatic rings. The molecule has 3 rings (SSSR count). The van der Waals surface area contributed by atoms with Gasteiger partial charge in [-0.3, -0.25) is 9.52 Å². The highest BCUT2D eigenvalue weighted by Crippen LogP contribution is 2.26. The first kappa shape index (κ1) is 23.8. The largest absolute Gasteiger partial charge is 0.302 e. The third kappa shape index (κ3) is 6.82. The summed E-state index contributed by atoms with van der Waals surface area (Å²) in [6.45, 7) is -0.140. The van der Waals surface area contributed by atoms with Crippen molar-refractivity contribution in [3.63, 3.8) is 0 Å². The van der Waals surface area contributed by atoms with Crippen LogP contribution >= 0.6 is 11.3 Å². The SMILES string of the molecule is CS(=O)(=O)Nc1ccc(-c2csc(NC(=O)CCNS(=O)(=O)c3ccc(F)cc3)n2)cc1. The molecular weight excluding hydrogens is 479 g/mol. The summed E-state index contributed by atoms with van der Waals surface area (Å²) >= 11 is 1.20. The molecule has 0 fully saturated rings. The van der Waals surface area contributed by atoms with Gasteiger partial charge in [-0.05, 0) is 36.4 Å². The van der Waals surface area contributed by atoms with Gasteiger partial charge in [-0.1, -0.05) is 12.1 Å². The molecule has 2 aromatic carbocycles. The van der Waals surface area contributed by atoms with Crippen molar-refractivity contribution < 1.29 is 26.0 Å². The molecule has 1 amide bonds. The van der Waals surface area contributed by atoms with E-state index >= 15 is 0 Å². The van der Waals surface area contributed by atoms with E-state index in [1.807, 2.05) is 0 Å². The van der Waals surface area contributed by atoms with Crippen LogP contribution in [0, 0.1) is 5.82 Å². The van der Waals surface area contributed by atoms with Crippen LogP contribution in [-0.4, -0.2) is 40.5 Å². The Labute approximate surface area is 188 Å². The molecule has 0 radical (unpaired) electrons. The maximum atomic E-state index is 12.9. The Balaban J connectivity index is 1.53. The first-order valence-electron chi connectivity index (χ1n) is 9.11. The molecule has 0 atom stereocenters. The Morgan fingerprint density at radius 3 is 2.31 bits per heavy atom. The lowest BCUT2D eigenvalue weighted by atomic mass is 10.1. The van der Waals surface area contributed by atoms with Crippen molar-refractivity contribution in [3.05, 3.63) is 59.7 Å². The summed E-state index contributed by atoms with van der Waals surface area (Å²) in [6.07, 6.45) is 0.936. The van der Waals surface area contributed by atoms with Crippen LogP contribution in [0.4, 0.5) is 15.2 Å². The fourth-order valence-electron chi connectivity index (χ4n) is 2.56. The molecule has 13 heteroatoms. The third-order valence-corrected chi connectivity index (χ3v) is 6.84. The van der Waals surface area contributed by atoms with Gasteiger partial charge in [0.25, 0.3) is 0 Å². The maximum absolute atomic E-state index is 12.9. The average Bonchev–Trinajstić information content (AvgIpc) is 3.16. The van der Waals surface area contributed by atoms with Gasteiger partial charge in [-0.25, -0.2) is 30.9 Å². The minimum Gasteiger partial charge on any atom is -0.302 e. The number of thiazole rings is 1. The Hall–Kier alpha value is -2.87. The molecule has 0 saturated heterocycles. The fourth-order valence-corrected chi connectivity index (χ4v) is 4.90. The lowest BCUT2D eigenvalue weighted by Crippen LogP contribution is -2.27. The van der Waals surface area contributed by atoms with Crippen LogP contribution in [0.5, 0.6) is 0 Å². The van der Waals surface area contributed by atoms with Crippen LogP contribution in [0.2, 0.25) is 0 Å². The molecule has 0 spiro atoms. The summed E-state index contributed by atoms with van der Waals surface area (Å²) in [7, 11) is -7.21. The summed E-state index contributed by atoms with van der Waals surface area (Å²) in [6, 6.07) is 10.9. The zero-order chi connectivity index (χ0) is 23.4. The fraction of sp³-hybridized carbons (Fsp3) is 0.158. The van der Waals surface area contributed by atoms with Crippen LogP contribution in [0.3, 0.4) is 0 Å². The molecule has 0 aliphatic heterocycles. The second-order valence-corrected chi connectivity index (χ2v) is 11.0. The lowest BCUT2D eigenvalue weighted by Gasteiger charge is -2.06. The van der Waals surface area contributed by atoms with Gasteiger partial charge in [0.05, 0.1) is 16.8 Å². The van der Waals surface area contributed by atoms with Crippen molar-refractivity contribution in [2.75, 3.05) is 22.8 Å². The molecule has 0 bridgehead atoms. The predicted molar refractivity (Wildman–Crippen MR) is 121 cm³/mol. The monoisotopic (exact) mass is 498 g/mol.